The van der Waals surface area contributed by atoms with Gasteiger partial charge >= 0.3 is 0 Å². The monoisotopic (exact) mass is 430 g/mol. The Kier molecular flexibility index (Phi) is 4.27. The number of carbonyl (C=O) groups excluding carboxylic acids is 2. The van der Waals surface area contributed by atoms with Gasteiger partial charge in [-0.1, -0.05) is 0 Å². The quantitative estimate of drug-likeness (QED) is 0.797. The second kappa shape index (κ2) is 6.68. The van der Waals surface area contributed by atoms with Crippen molar-refractivity contribution in [2.75, 3.05) is 0 Å². The number of nitrogens with two attached hydrogens (primary N) is 1. The number of halogens is 2. The van der Waals surface area contributed by atoms with Gasteiger partial charge in [0.2, 0.25) is 5.88 Å². The van der Waals surface area contributed by atoms with Crippen LogP contribution in [0.3, 0.4) is 0 Å². The van der Waals surface area contributed by atoms with Crippen LogP contribution in [0.5, 0.6) is 5.88 Å². The summed E-state index contributed by atoms with van der Waals surface area (Å²) in [7, 11) is 0. The molecule has 2 saturated heterocycles. The minimum Gasteiger partial charge on any atom is -0.471 e. The minimum absolute atomic E-state index is 0.0293. The number of hydrogen-bond donors (Lipinski definition) is 1. The Morgan fingerprint density at radius 3 is 2.58 bits per heavy atom. The molecule has 3 aliphatic rings. The molecule has 8 nitrogen and oxygen atoms in total. The van der Waals surface area contributed by atoms with E-state index in [1.54, 1.807) is 4.90 Å². The van der Waals surface area contributed by atoms with E-state index in [0.29, 0.717) is 18.4 Å². The lowest BCUT2D eigenvalue weighted by molar-refractivity contribution is -0.187. The predicted octanol–water partition coefficient (Wildman–Crippen LogP) is 2.24. The molecule has 0 radical (unpaired) electrons. The van der Waals surface area contributed by atoms with Gasteiger partial charge in [0.1, 0.15) is 35.5 Å². The van der Waals surface area contributed by atoms with Gasteiger partial charge < -0.3 is 20.1 Å². The van der Waals surface area contributed by atoms with Gasteiger partial charge in [-0.2, -0.15) is 0 Å². The number of hydrogen-bond acceptors (Lipinski definition) is 6. The number of fused-ring (bicyclic) bond motifs is 1. The van der Waals surface area contributed by atoms with Crippen LogP contribution < -0.4 is 10.5 Å². The molecule has 2 aromatic rings. The molecule has 0 unspecified atom stereocenters. The summed E-state index contributed by atoms with van der Waals surface area (Å²) in [4.78, 5) is 34.0. The van der Waals surface area contributed by atoms with E-state index in [2.05, 4.69) is 9.97 Å². The van der Waals surface area contributed by atoms with Crippen LogP contribution in [0, 0.1) is 11.6 Å². The maximum atomic E-state index is 13.7. The lowest BCUT2D eigenvalue weighted by atomic mass is 9.67. The van der Waals surface area contributed by atoms with Crippen molar-refractivity contribution in [3.63, 3.8) is 0 Å². The molecule has 5 rings (SSSR count). The van der Waals surface area contributed by atoms with Crippen molar-refractivity contribution in [2.24, 2.45) is 5.73 Å². The van der Waals surface area contributed by atoms with E-state index >= 15 is 0 Å². The van der Waals surface area contributed by atoms with Crippen LogP contribution in [-0.2, 0) is 9.53 Å². The molecule has 1 aliphatic carbocycles. The zero-order valence-corrected chi connectivity index (χ0v) is 16.7. The van der Waals surface area contributed by atoms with Gasteiger partial charge in [-0.05, 0) is 37.5 Å². The minimum atomic E-state index is -1.04. The highest BCUT2D eigenvalue weighted by atomic mass is 19.1. The fourth-order valence-electron chi connectivity index (χ4n) is 5.05. The Balaban J connectivity index is 1.33. The van der Waals surface area contributed by atoms with Crippen molar-refractivity contribution >= 4 is 11.8 Å². The zero-order valence-electron chi connectivity index (χ0n) is 16.7. The summed E-state index contributed by atoms with van der Waals surface area (Å²) in [6.45, 7) is 1.82. The van der Waals surface area contributed by atoms with E-state index in [9.17, 15) is 18.4 Å². The first-order chi connectivity index (χ1) is 14.7. The molecule has 2 aliphatic heterocycles. The van der Waals surface area contributed by atoms with E-state index in [1.807, 2.05) is 6.92 Å². The molecule has 3 fully saturated rings. The van der Waals surface area contributed by atoms with Crippen LogP contribution in [0.4, 0.5) is 8.78 Å². The van der Waals surface area contributed by atoms with Gasteiger partial charge in [-0.25, -0.2) is 18.7 Å². The predicted molar refractivity (Wildman–Crippen MR) is 102 cm³/mol. The normalized spacial score (nSPS) is 31.6. The van der Waals surface area contributed by atoms with Crippen LogP contribution >= 0.6 is 0 Å². The first-order valence-corrected chi connectivity index (χ1v) is 9.96. The molecule has 31 heavy (non-hydrogen) atoms. The molecule has 10 heteroatoms. The number of carbonyl (C=O) groups is 2. The lowest BCUT2D eigenvalue weighted by Crippen LogP contribution is -2.62. The molecule has 2 atom stereocenters. The smallest absolute Gasteiger partial charge is 0.267 e. The molecular formula is C21H20F2N4O4. The third-order valence-electron chi connectivity index (χ3n) is 6.15. The summed E-state index contributed by atoms with van der Waals surface area (Å²) in [5.74, 6) is -2.07. The average molecular weight is 430 g/mol. The zero-order chi connectivity index (χ0) is 22.0. The Labute approximate surface area is 176 Å². The van der Waals surface area contributed by atoms with Crippen molar-refractivity contribution in [3.8, 4) is 5.88 Å². The standard InChI is InChI=1S/C21H20F2N4O4/c1-20(30-16-7-14(18(24)28)25-10-26-16)8-21(9-20)19(29)27-15(2-3-17(27)31-21)11-4-12(22)6-13(23)5-11/h4-7,10,15,17H,2-3,8-9H2,1H3,(H2,24,28)/t15-,17+,20?,21?/m0/s1. The highest BCUT2D eigenvalue weighted by Crippen LogP contribution is 2.55. The fraction of sp³-hybridized carbons (Fsp3) is 0.429. The van der Waals surface area contributed by atoms with Gasteiger partial charge in [0.25, 0.3) is 11.8 Å². The summed E-state index contributed by atoms with van der Waals surface area (Å²) in [5, 5.41) is 0. The molecule has 1 aromatic carbocycles. The molecule has 0 bridgehead atoms. The molecule has 2 N–H and O–H groups in total. The average Bonchev–Trinajstić information content (AvgIpc) is 3.19. The maximum Gasteiger partial charge on any atom is 0.267 e. The topological polar surface area (TPSA) is 108 Å². The number of ether oxygens (including phenoxy) is 2. The van der Waals surface area contributed by atoms with Crippen LogP contribution in [0.25, 0.3) is 0 Å². The number of nitrogens with zero attached hydrogens (tertiary/aromatic N) is 3. The van der Waals surface area contributed by atoms with Crippen molar-refractivity contribution in [1.29, 1.82) is 0 Å². The Morgan fingerprint density at radius 1 is 1.19 bits per heavy atom. The molecule has 3 heterocycles. The molecule has 1 aromatic heterocycles. The molecule has 162 valence electrons. The van der Waals surface area contributed by atoms with E-state index in [4.69, 9.17) is 15.2 Å². The fourth-order valence-corrected chi connectivity index (χ4v) is 5.05. The molecule has 1 spiro atoms. The summed E-state index contributed by atoms with van der Waals surface area (Å²) >= 11 is 0. The van der Waals surface area contributed by atoms with Gasteiger partial charge in [-0.15, -0.1) is 0 Å². The van der Waals surface area contributed by atoms with E-state index in [-0.39, 0.29) is 30.3 Å². The van der Waals surface area contributed by atoms with Crippen molar-refractivity contribution in [1.82, 2.24) is 14.9 Å². The van der Waals surface area contributed by atoms with Crippen molar-refractivity contribution < 1.29 is 27.8 Å². The molecular weight excluding hydrogens is 410 g/mol. The van der Waals surface area contributed by atoms with E-state index in [1.165, 1.54) is 24.5 Å². The largest absolute Gasteiger partial charge is 0.471 e. The van der Waals surface area contributed by atoms with Crippen LogP contribution in [0.15, 0.2) is 30.6 Å². The Bertz CT molecular complexity index is 1070. The number of benzene rings is 1. The third-order valence-corrected chi connectivity index (χ3v) is 6.15. The summed E-state index contributed by atoms with van der Waals surface area (Å²) < 4.78 is 39.5. The van der Waals surface area contributed by atoms with Gasteiger partial charge in [0, 0.05) is 25.0 Å². The van der Waals surface area contributed by atoms with Crippen LogP contribution in [-0.4, -0.2) is 44.1 Å². The van der Waals surface area contributed by atoms with E-state index in [0.717, 1.165) is 6.07 Å². The Hall–Kier alpha value is -3.14. The summed E-state index contributed by atoms with van der Waals surface area (Å²) in [6, 6.07) is 4.24. The summed E-state index contributed by atoms with van der Waals surface area (Å²) in [5.41, 5.74) is 3.91. The van der Waals surface area contributed by atoms with Crippen molar-refractivity contribution in [3.05, 3.63) is 53.5 Å². The molecule has 1 saturated carbocycles. The lowest BCUT2D eigenvalue weighted by Gasteiger charge is -2.49. The van der Waals surface area contributed by atoms with E-state index < -0.39 is 41.0 Å². The van der Waals surface area contributed by atoms with Gasteiger partial charge in [-0.3, -0.25) is 9.59 Å². The SMILES string of the molecule is CC1(Oc2cc(C(N)=O)ncn2)CC2(C1)O[C@@H]1CC[C@@H](c3cc(F)cc(F)c3)N1C2=O. The number of aromatic nitrogens is 2. The Morgan fingerprint density at radius 2 is 1.90 bits per heavy atom. The first kappa shape index (κ1) is 19.8. The first-order valence-electron chi connectivity index (χ1n) is 9.96. The number of amides is 2. The van der Waals surface area contributed by atoms with Gasteiger partial charge in [0.15, 0.2) is 5.60 Å². The highest BCUT2D eigenvalue weighted by Gasteiger charge is 2.67. The van der Waals surface area contributed by atoms with Crippen LogP contribution in [0.2, 0.25) is 0 Å². The maximum absolute atomic E-state index is 13.7. The van der Waals surface area contributed by atoms with Crippen LogP contribution in [0.1, 0.15) is 54.7 Å². The van der Waals surface area contributed by atoms with Crippen molar-refractivity contribution in [2.45, 2.75) is 56.1 Å². The van der Waals surface area contributed by atoms with Gasteiger partial charge in [0.05, 0.1) is 6.04 Å². The number of rotatable bonds is 4. The second-order valence-electron chi connectivity index (χ2n) is 8.59. The number of primary amides is 1. The second-order valence-corrected chi connectivity index (χ2v) is 8.59. The molecule has 2 amide bonds. The third kappa shape index (κ3) is 3.21. The highest BCUT2D eigenvalue weighted by molar-refractivity contribution is 5.91. The summed E-state index contributed by atoms with van der Waals surface area (Å²) in [6.07, 6.45) is 2.47.